The topological polar surface area (TPSA) is 54.4 Å². The van der Waals surface area contributed by atoms with Crippen LogP contribution in [-0.4, -0.2) is 16.9 Å². The van der Waals surface area contributed by atoms with E-state index in [0.717, 1.165) is 10.5 Å². The Balaban J connectivity index is 2.13. The summed E-state index contributed by atoms with van der Waals surface area (Å²) in [5.41, 5.74) is 1.29. The van der Waals surface area contributed by atoms with E-state index >= 15 is 0 Å². The number of ketones is 1. The Bertz CT molecular complexity index is 740. The number of rotatable bonds is 1. The molecule has 0 saturated carbocycles. The van der Waals surface area contributed by atoms with Crippen molar-refractivity contribution in [1.82, 2.24) is 0 Å². The predicted octanol–water partition coefficient (Wildman–Crippen LogP) is 3.41. The molecule has 0 aliphatic carbocycles. The Hall–Kier alpha value is -2.14. The predicted molar refractivity (Wildman–Crippen MR) is 72.0 cm³/mol. The Labute approximate surface area is 118 Å². The zero-order valence-electron chi connectivity index (χ0n) is 10.2. The molecular formula is C15H9FO3S. The summed E-state index contributed by atoms with van der Waals surface area (Å²) in [6, 6.07) is 8.75. The Morgan fingerprint density at radius 2 is 1.95 bits per heavy atom. The van der Waals surface area contributed by atoms with Crippen molar-refractivity contribution in [3.63, 3.8) is 0 Å². The van der Waals surface area contributed by atoms with Gasteiger partial charge < -0.3 is 5.11 Å². The number of carboxylic acid groups (broad SMARTS) is 1. The van der Waals surface area contributed by atoms with Crippen LogP contribution in [0.2, 0.25) is 0 Å². The fourth-order valence-electron chi connectivity index (χ4n) is 2.12. The summed E-state index contributed by atoms with van der Waals surface area (Å²) in [7, 11) is 0. The SMILES string of the molecule is O=C(O)c1ccc2c(c1)Sc1ccc(F)cc1C(=O)C2. The average molecular weight is 288 g/mol. The molecule has 3 nitrogen and oxygen atoms in total. The van der Waals surface area contributed by atoms with Crippen molar-refractivity contribution in [2.45, 2.75) is 16.2 Å². The van der Waals surface area contributed by atoms with Gasteiger partial charge in [0.1, 0.15) is 5.82 Å². The van der Waals surface area contributed by atoms with E-state index in [-0.39, 0.29) is 17.8 Å². The molecule has 0 fully saturated rings. The van der Waals surface area contributed by atoms with Gasteiger partial charge in [-0.3, -0.25) is 4.79 Å². The number of hydrogen-bond donors (Lipinski definition) is 1. The average Bonchev–Trinajstić information content (AvgIpc) is 2.54. The molecule has 0 atom stereocenters. The number of hydrogen-bond acceptors (Lipinski definition) is 3. The molecule has 1 N–H and O–H groups in total. The highest BCUT2D eigenvalue weighted by Gasteiger charge is 2.21. The summed E-state index contributed by atoms with van der Waals surface area (Å²) in [6.07, 6.45) is 0.151. The van der Waals surface area contributed by atoms with Crippen LogP contribution in [-0.2, 0) is 6.42 Å². The van der Waals surface area contributed by atoms with Crippen molar-refractivity contribution in [2.75, 3.05) is 0 Å². The van der Waals surface area contributed by atoms with Crippen LogP contribution in [0.4, 0.5) is 4.39 Å². The molecule has 5 heteroatoms. The first-order valence-corrected chi connectivity index (χ1v) is 6.73. The Morgan fingerprint density at radius 1 is 1.15 bits per heavy atom. The molecule has 1 aliphatic heterocycles. The van der Waals surface area contributed by atoms with Gasteiger partial charge in [-0.25, -0.2) is 9.18 Å². The van der Waals surface area contributed by atoms with Gasteiger partial charge >= 0.3 is 5.97 Å². The summed E-state index contributed by atoms with van der Waals surface area (Å²) in [5.74, 6) is -1.62. The van der Waals surface area contributed by atoms with Crippen molar-refractivity contribution < 1.29 is 19.1 Å². The normalized spacial score (nSPS) is 13.3. The van der Waals surface area contributed by atoms with Crippen molar-refractivity contribution in [2.24, 2.45) is 0 Å². The van der Waals surface area contributed by atoms with Gasteiger partial charge in [0, 0.05) is 21.8 Å². The fourth-order valence-corrected chi connectivity index (χ4v) is 3.24. The molecule has 20 heavy (non-hydrogen) atoms. The number of aromatic carboxylic acids is 1. The molecule has 0 amide bonds. The monoisotopic (exact) mass is 288 g/mol. The minimum atomic E-state index is -1.01. The molecule has 2 aromatic carbocycles. The molecule has 0 spiro atoms. The van der Waals surface area contributed by atoms with Crippen LogP contribution >= 0.6 is 11.8 Å². The van der Waals surface area contributed by atoms with Gasteiger partial charge in [0.2, 0.25) is 0 Å². The lowest BCUT2D eigenvalue weighted by molar-refractivity contribution is 0.0696. The summed E-state index contributed by atoms with van der Waals surface area (Å²) in [6.45, 7) is 0. The van der Waals surface area contributed by atoms with Gasteiger partial charge in [0.25, 0.3) is 0 Å². The van der Waals surface area contributed by atoms with Gasteiger partial charge in [0.05, 0.1) is 5.56 Å². The van der Waals surface area contributed by atoms with Gasteiger partial charge in [-0.05, 0) is 35.9 Å². The molecular weight excluding hydrogens is 279 g/mol. The zero-order valence-corrected chi connectivity index (χ0v) is 11.0. The van der Waals surface area contributed by atoms with Gasteiger partial charge in [-0.15, -0.1) is 0 Å². The second-order valence-corrected chi connectivity index (χ2v) is 5.55. The lowest BCUT2D eigenvalue weighted by Crippen LogP contribution is -2.04. The third-order valence-corrected chi connectivity index (χ3v) is 4.30. The summed E-state index contributed by atoms with van der Waals surface area (Å²) < 4.78 is 13.3. The van der Waals surface area contributed by atoms with Crippen LogP contribution in [0.1, 0.15) is 26.3 Å². The zero-order chi connectivity index (χ0) is 14.3. The number of carbonyl (C=O) groups is 2. The van der Waals surface area contributed by atoms with E-state index < -0.39 is 11.8 Å². The highest BCUT2D eigenvalue weighted by atomic mass is 32.2. The van der Waals surface area contributed by atoms with Crippen LogP contribution in [0, 0.1) is 5.82 Å². The molecule has 1 aliphatic rings. The summed E-state index contributed by atoms with van der Waals surface area (Å²) in [5, 5.41) is 9.01. The molecule has 0 unspecified atom stereocenters. The van der Waals surface area contributed by atoms with Crippen LogP contribution in [0.5, 0.6) is 0 Å². The quantitative estimate of drug-likeness (QED) is 0.873. The van der Waals surface area contributed by atoms with Crippen LogP contribution in [0.3, 0.4) is 0 Å². The lowest BCUT2D eigenvalue weighted by atomic mass is 10.0. The highest BCUT2D eigenvalue weighted by Crippen LogP contribution is 2.37. The lowest BCUT2D eigenvalue weighted by Gasteiger charge is -2.06. The van der Waals surface area contributed by atoms with Gasteiger partial charge in [-0.1, -0.05) is 17.8 Å². The number of halogens is 1. The number of Topliss-reactive ketones (excluding diaryl/α,β-unsaturated/α-hetero) is 1. The maximum Gasteiger partial charge on any atom is 0.335 e. The van der Waals surface area contributed by atoms with Crippen LogP contribution in [0.15, 0.2) is 46.2 Å². The molecule has 3 rings (SSSR count). The molecule has 0 saturated heterocycles. The smallest absolute Gasteiger partial charge is 0.335 e. The van der Waals surface area contributed by atoms with Crippen LogP contribution in [0.25, 0.3) is 0 Å². The van der Waals surface area contributed by atoms with E-state index in [1.807, 2.05) is 0 Å². The number of benzene rings is 2. The molecule has 0 bridgehead atoms. The standard InChI is InChI=1S/C15H9FO3S/c16-10-3-4-13-11(7-10)12(17)5-8-1-2-9(15(18)19)6-14(8)20-13/h1-4,6-7H,5H2,(H,18,19). The third-order valence-electron chi connectivity index (χ3n) is 3.13. The number of fused-ring (bicyclic) bond motifs is 2. The molecule has 100 valence electrons. The van der Waals surface area contributed by atoms with Crippen molar-refractivity contribution >= 4 is 23.5 Å². The number of carbonyl (C=O) groups excluding carboxylic acids is 1. The summed E-state index contributed by atoms with van der Waals surface area (Å²) >= 11 is 1.30. The van der Waals surface area contributed by atoms with E-state index in [1.54, 1.807) is 18.2 Å². The van der Waals surface area contributed by atoms with Crippen molar-refractivity contribution in [3.8, 4) is 0 Å². The van der Waals surface area contributed by atoms with Crippen molar-refractivity contribution in [3.05, 3.63) is 58.9 Å². The minimum Gasteiger partial charge on any atom is -0.478 e. The van der Waals surface area contributed by atoms with E-state index in [0.29, 0.717) is 10.5 Å². The highest BCUT2D eigenvalue weighted by molar-refractivity contribution is 7.99. The van der Waals surface area contributed by atoms with Crippen molar-refractivity contribution in [1.29, 1.82) is 0 Å². The van der Waals surface area contributed by atoms with E-state index in [1.165, 1.54) is 30.0 Å². The van der Waals surface area contributed by atoms with Crippen LogP contribution < -0.4 is 0 Å². The molecule has 0 aromatic heterocycles. The Morgan fingerprint density at radius 3 is 2.70 bits per heavy atom. The van der Waals surface area contributed by atoms with E-state index in [9.17, 15) is 14.0 Å². The summed E-state index contributed by atoms with van der Waals surface area (Å²) in [4.78, 5) is 24.5. The second kappa shape index (κ2) is 4.76. The number of carboxylic acids is 1. The maximum absolute atomic E-state index is 13.3. The van der Waals surface area contributed by atoms with Gasteiger partial charge in [-0.2, -0.15) is 0 Å². The molecule has 0 radical (unpaired) electrons. The molecule has 2 aromatic rings. The molecule has 1 heterocycles. The Kier molecular flexibility index (Phi) is 3.06. The minimum absolute atomic E-state index is 0.151. The van der Waals surface area contributed by atoms with E-state index in [4.69, 9.17) is 5.11 Å². The largest absolute Gasteiger partial charge is 0.478 e. The second-order valence-electron chi connectivity index (χ2n) is 4.47. The third kappa shape index (κ3) is 2.20. The van der Waals surface area contributed by atoms with E-state index in [2.05, 4.69) is 0 Å². The fraction of sp³-hybridized carbons (Fsp3) is 0.0667. The maximum atomic E-state index is 13.3. The first-order valence-electron chi connectivity index (χ1n) is 5.91. The first-order chi connectivity index (χ1) is 9.54. The van der Waals surface area contributed by atoms with Gasteiger partial charge in [0.15, 0.2) is 5.78 Å². The first kappa shape index (κ1) is 12.9.